The van der Waals surface area contributed by atoms with E-state index in [1.165, 1.54) is 24.6 Å². The minimum absolute atomic E-state index is 0.240. The normalized spacial score (nSPS) is 19.7. The number of rotatable bonds is 6. The van der Waals surface area contributed by atoms with Crippen LogP contribution in [0, 0.1) is 11.7 Å². The molecular formula is C22H26ClFN6. The number of anilines is 1. The van der Waals surface area contributed by atoms with Gasteiger partial charge in [-0.2, -0.15) is 5.10 Å². The van der Waals surface area contributed by atoms with E-state index in [9.17, 15) is 4.39 Å². The quantitative estimate of drug-likeness (QED) is 0.453. The lowest BCUT2D eigenvalue weighted by Crippen LogP contribution is -2.24. The fourth-order valence-electron chi connectivity index (χ4n) is 4.19. The van der Waals surface area contributed by atoms with Crippen molar-refractivity contribution in [1.29, 1.82) is 0 Å². The Morgan fingerprint density at radius 2 is 2.20 bits per heavy atom. The highest BCUT2D eigenvalue weighted by molar-refractivity contribution is 6.33. The van der Waals surface area contributed by atoms with Gasteiger partial charge in [0.25, 0.3) is 0 Å². The second kappa shape index (κ2) is 8.62. The maximum atomic E-state index is 13.6. The van der Waals surface area contributed by atoms with Gasteiger partial charge in [-0.3, -0.25) is 0 Å². The molecule has 2 heterocycles. The smallest absolute Gasteiger partial charge is 0.135 e. The molecule has 0 spiro atoms. The fraction of sp³-hybridized carbons (Fsp3) is 0.364. The van der Waals surface area contributed by atoms with Gasteiger partial charge in [0.05, 0.1) is 33.7 Å². The molecular weight excluding hydrogens is 403 g/mol. The lowest BCUT2D eigenvalue weighted by molar-refractivity contribution is 0.327. The standard InChI is InChI=1S/C22H26ClFN6/c1-29(2)13-14-5-7-16(10-14)27-21-17(12-26-30-9-3-4-20(21)30)22(25)28-19-11-15(24)6-8-18(19)23/h3-4,6,8-9,11-12,14,16,27H,5,7,10,13H2,1-2H3,(H2,25,28). The van der Waals surface area contributed by atoms with E-state index in [1.807, 2.05) is 18.3 Å². The summed E-state index contributed by atoms with van der Waals surface area (Å²) in [4.78, 5) is 6.64. The summed E-state index contributed by atoms with van der Waals surface area (Å²) in [5.41, 5.74) is 9.13. The van der Waals surface area contributed by atoms with Crippen molar-refractivity contribution in [3.8, 4) is 0 Å². The number of fused-ring (bicyclic) bond motifs is 1. The predicted octanol–water partition coefficient (Wildman–Crippen LogP) is 4.31. The Kier molecular flexibility index (Phi) is 5.92. The Labute approximate surface area is 180 Å². The summed E-state index contributed by atoms with van der Waals surface area (Å²) in [5.74, 6) is 0.495. The zero-order valence-corrected chi connectivity index (χ0v) is 17.9. The van der Waals surface area contributed by atoms with Crippen LogP contribution in [0.3, 0.4) is 0 Å². The number of hydrogen-bond donors (Lipinski definition) is 2. The first-order valence-electron chi connectivity index (χ1n) is 10.1. The van der Waals surface area contributed by atoms with Crippen molar-refractivity contribution < 1.29 is 4.39 Å². The summed E-state index contributed by atoms with van der Waals surface area (Å²) < 4.78 is 15.4. The molecule has 1 aromatic carbocycles. The number of nitrogens with zero attached hydrogens (tertiary/aromatic N) is 4. The SMILES string of the molecule is CN(C)CC1CCC(Nc2c(/C(N)=N/c3cc(F)ccc3Cl)cnn3cccc23)C1. The first kappa shape index (κ1) is 20.6. The molecule has 0 bridgehead atoms. The third-order valence-electron chi connectivity index (χ3n) is 5.50. The summed E-state index contributed by atoms with van der Waals surface area (Å²) in [6.45, 7) is 1.09. The molecule has 3 aromatic rings. The van der Waals surface area contributed by atoms with Crippen LogP contribution in [-0.4, -0.2) is 47.0 Å². The van der Waals surface area contributed by atoms with Crippen molar-refractivity contribution in [2.45, 2.75) is 25.3 Å². The molecule has 2 unspecified atom stereocenters. The summed E-state index contributed by atoms with van der Waals surface area (Å²) in [5, 5.41) is 8.46. The number of aromatic nitrogens is 2. The van der Waals surface area contributed by atoms with Gasteiger partial charge in [-0.25, -0.2) is 13.9 Å². The van der Waals surface area contributed by atoms with Crippen LogP contribution >= 0.6 is 11.6 Å². The van der Waals surface area contributed by atoms with Crippen molar-refractivity contribution in [1.82, 2.24) is 14.5 Å². The Bertz CT molecular complexity index is 1080. The fourth-order valence-corrected chi connectivity index (χ4v) is 4.35. The zero-order chi connectivity index (χ0) is 21.3. The largest absolute Gasteiger partial charge is 0.383 e. The number of nitrogens with two attached hydrogens (primary N) is 1. The number of aliphatic imine (C=N–C) groups is 1. The van der Waals surface area contributed by atoms with Crippen LogP contribution < -0.4 is 11.1 Å². The van der Waals surface area contributed by atoms with E-state index in [1.54, 1.807) is 10.7 Å². The van der Waals surface area contributed by atoms with Crippen LogP contribution in [0.4, 0.5) is 15.8 Å². The van der Waals surface area contributed by atoms with E-state index >= 15 is 0 Å². The molecule has 2 atom stereocenters. The molecule has 4 rings (SSSR count). The molecule has 0 amide bonds. The van der Waals surface area contributed by atoms with Crippen LogP contribution in [0.15, 0.2) is 47.7 Å². The highest BCUT2D eigenvalue weighted by atomic mass is 35.5. The Morgan fingerprint density at radius 1 is 1.37 bits per heavy atom. The monoisotopic (exact) mass is 428 g/mol. The van der Waals surface area contributed by atoms with Gasteiger partial charge in [-0.1, -0.05) is 11.6 Å². The molecule has 0 radical (unpaired) electrons. The molecule has 0 saturated heterocycles. The van der Waals surface area contributed by atoms with E-state index < -0.39 is 5.82 Å². The topological polar surface area (TPSA) is 70.9 Å². The average molecular weight is 429 g/mol. The van der Waals surface area contributed by atoms with E-state index in [2.05, 4.69) is 34.4 Å². The number of amidine groups is 1. The molecule has 6 nitrogen and oxygen atoms in total. The van der Waals surface area contributed by atoms with Crippen LogP contribution in [0.5, 0.6) is 0 Å². The molecule has 2 aromatic heterocycles. The Morgan fingerprint density at radius 3 is 3.00 bits per heavy atom. The van der Waals surface area contributed by atoms with Gasteiger partial charge in [0.2, 0.25) is 0 Å². The molecule has 1 aliphatic rings. The van der Waals surface area contributed by atoms with Crippen molar-refractivity contribution >= 4 is 34.3 Å². The third kappa shape index (κ3) is 4.42. The molecule has 0 aliphatic heterocycles. The van der Waals surface area contributed by atoms with Crippen LogP contribution in [0.25, 0.3) is 5.52 Å². The maximum Gasteiger partial charge on any atom is 0.135 e. The second-order valence-corrected chi connectivity index (χ2v) is 8.55. The Hall–Kier alpha value is -2.64. The van der Waals surface area contributed by atoms with Crippen molar-refractivity contribution in [2.24, 2.45) is 16.6 Å². The first-order valence-corrected chi connectivity index (χ1v) is 10.5. The minimum Gasteiger partial charge on any atom is -0.383 e. The summed E-state index contributed by atoms with van der Waals surface area (Å²) in [6, 6.07) is 8.32. The molecule has 1 saturated carbocycles. The number of benzene rings is 1. The maximum absolute atomic E-state index is 13.6. The van der Waals surface area contributed by atoms with Gasteiger partial charge in [0, 0.05) is 24.8 Å². The van der Waals surface area contributed by atoms with Gasteiger partial charge < -0.3 is 16.0 Å². The highest BCUT2D eigenvalue weighted by Crippen LogP contribution is 2.32. The van der Waals surface area contributed by atoms with Gasteiger partial charge in [0.15, 0.2) is 0 Å². The zero-order valence-electron chi connectivity index (χ0n) is 17.1. The van der Waals surface area contributed by atoms with Gasteiger partial charge in [0.1, 0.15) is 11.7 Å². The number of nitrogens with one attached hydrogen (secondary N) is 1. The van der Waals surface area contributed by atoms with Gasteiger partial charge in [-0.05, 0) is 63.5 Å². The van der Waals surface area contributed by atoms with Crippen molar-refractivity contribution in [2.75, 3.05) is 26.0 Å². The second-order valence-electron chi connectivity index (χ2n) is 8.15. The first-order chi connectivity index (χ1) is 14.4. The van der Waals surface area contributed by atoms with E-state index in [0.717, 1.165) is 30.6 Å². The molecule has 1 fully saturated rings. The number of halogens is 2. The predicted molar refractivity (Wildman–Crippen MR) is 120 cm³/mol. The highest BCUT2D eigenvalue weighted by Gasteiger charge is 2.26. The minimum atomic E-state index is -0.414. The van der Waals surface area contributed by atoms with Gasteiger partial charge in [-0.15, -0.1) is 0 Å². The van der Waals surface area contributed by atoms with Crippen molar-refractivity contribution in [3.63, 3.8) is 0 Å². The van der Waals surface area contributed by atoms with Crippen LogP contribution in [0.2, 0.25) is 5.02 Å². The van der Waals surface area contributed by atoms with Crippen LogP contribution in [0.1, 0.15) is 24.8 Å². The third-order valence-corrected chi connectivity index (χ3v) is 5.82. The van der Waals surface area contributed by atoms with E-state index in [-0.39, 0.29) is 5.84 Å². The summed E-state index contributed by atoms with van der Waals surface area (Å²) in [6.07, 6.45) is 6.97. The molecule has 158 valence electrons. The molecule has 1 aliphatic carbocycles. The lowest BCUT2D eigenvalue weighted by Gasteiger charge is -2.20. The Balaban J connectivity index is 1.67. The number of hydrogen-bond acceptors (Lipinski definition) is 4. The summed E-state index contributed by atoms with van der Waals surface area (Å²) >= 11 is 6.17. The molecule has 8 heteroatoms. The average Bonchev–Trinajstić information content (AvgIpc) is 3.34. The summed E-state index contributed by atoms with van der Waals surface area (Å²) in [7, 11) is 4.22. The molecule has 30 heavy (non-hydrogen) atoms. The van der Waals surface area contributed by atoms with Gasteiger partial charge >= 0.3 is 0 Å². The lowest BCUT2D eigenvalue weighted by atomic mass is 10.1. The van der Waals surface area contributed by atoms with Crippen LogP contribution in [-0.2, 0) is 0 Å². The van der Waals surface area contributed by atoms with Crippen molar-refractivity contribution in [3.05, 3.63) is 59.1 Å². The van der Waals surface area contributed by atoms with E-state index in [4.69, 9.17) is 17.3 Å². The molecule has 3 N–H and O–H groups in total. The van der Waals surface area contributed by atoms with E-state index in [0.29, 0.717) is 28.2 Å².